The molecule has 0 atom stereocenters. The molecule has 2 N–H and O–H groups in total. The Morgan fingerprint density at radius 2 is 2.22 bits per heavy atom. The Hall–Kier alpha value is -1.65. The van der Waals surface area contributed by atoms with Gasteiger partial charge in [-0.1, -0.05) is 12.1 Å². The smallest absolute Gasteiger partial charge is 0.0719 e. The fourth-order valence-corrected chi connectivity index (χ4v) is 2.24. The van der Waals surface area contributed by atoms with Gasteiger partial charge >= 0.3 is 0 Å². The third kappa shape index (κ3) is 2.30. The van der Waals surface area contributed by atoms with E-state index in [1.165, 1.54) is 24.1 Å². The molecule has 94 valence electrons. The molecule has 0 radical (unpaired) electrons. The molecule has 2 aromatic rings. The third-order valence-electron chi connectivity index (χ3n) is 3.33. The maximum absolute atomic E-state index is 5.06. The van der Waals surface area contributed by atoms with E-state index in [0.29, 0.717) is 12.5 Å². The van der Waals surface area contributed by atoms with Gasteiger partial charge in [0.05, 0.1) is 12.3 Å². The Bertz CT molecular complexity index is 531. The minimum absolute atomic E-state index is 0.540. The van der Waals surface area contributed by atoms with Gasteiger partial charge < -0.3 is 4.84 Å². The molecule has 1 aliphatic carbocycles. The second kappa shape index (κ2) is 4.92. The Morgan fingerprint density at radius 3 is 3.00 bits per heavy atom. The van der Waals surface area contributed by atoms with Crippen molar-refractivity contribution in [1.82, 2.24) is 9.78 Å². The monoisotopic (exact) mass is 243 g/mol. The Labute approximate surface area is 106 Å². The van der Waals surface area contributed by atoms with Crippen molar-refractivity contribution in [3.05, 3.63) is 47.8 Å². The van der Waals surface area contributed by atoms with Gasteiger partial charge in [-0.2, -0.15) is 5.10 Å². The maximum Gasteiger partial charge on any atom is 0.0719 e. The first-order chi connectivity index (χ1) is 8.88. The molecular weight excluding hydrogens is 226 g/mol. The molecule has 3 rings (SSSR count). The lowest BCUT2D eigenvalue weighted by Crippen LogP contribution is -2.05. The van der Waals surface area contributed by atoms with E-state index in [1.54, 1.807) is 0 Å². The Balaban J connectivity index is 1.88. The van der Waals surface area contributed by atoms with Crippen molar-refractivity contribution in [2.45, 2.75) is 25.2 Å². The van der Waals surface area contributed by atoms with E-state index in [4.69, 9.17) is 5.90 Å². The van der Waals surface area contributed by atoms with Crippen LogP contribution in [-0.4, -0.2) is 16.4 Å². The lowest BCUT2D eigenvalue weighted by molar-refractivity contribution is 0.141. The highest BCUT2D eigenvalue weighted by molar-refractivity contribution is 5.38. The van der Waals surface area contributed by atoms with Crippen LogP contribution < -0.4 is 5.90 Å². The van der Waals surface area contributed by atoms with Crippen LogP contribution in [-0.2, 0) is 11.3 Å². The second-order valence-electron chi connectivity index (χ2n) is 4.73. The highest BCUT2D eigenvalue weighted by Crippen LogP contribution is 2.40. The van der Waals surface area contributed by atoms with Gasteiger partial charge in [-0.3, -0.25) is 0 Å². The van der Waals surface area contributed by atoms with Crippen molar-refractivity contribution in [1.29, 1.82) is 0 Å². The van der Waals surface area contributed by atoms with Crippen LogP contribution in [0.3, 0.4) is 0 Å². The zero-order chi connectivity index (χ0) is 12.4. The van der Waals surface area contributed by atoms with Gasteiger partial charge in [-0.05, 0) is 43.0 Å². The quantitative estimate of drug-likeness (QED) is 0.819. The SMILES string of the molecule is NOCCc1cccc(-n2nccc2C2CC2)c1. The summed E-state index contributed by atoms with van der Waals surface area (Å²) in [6.45, 7) is 0.540. The van der Waals surface area contributed by atoms with Gasteiger partial charge in [0.15, 0.2) is 0 Å². The molecule has 0 spiro atoms. The van der Waals surface area contributed by atoms with Crippen molar-refractivity contribution in [3.8, 4) is 5.69 Å². The lowest BCUT2D eigenvalue weighted by Gasteiger charge is -2.08. The summed E-state index contributed by atoms with van der Waals surface area (Å²) >= 11 is 0. The zero-order valence-corrected chi connectivity index (χ0v) is 10.2. The number of nitrogens with zero attached hydrogens (tertiary/aromatic N) is 2. The summed E-state index contributed by atoms with van der Waals surface area (Å²) in [6, 6.07) is 10.5. The van der Waals surface area contributed by atoms with E-state index >= 15 is 0 Å². The molecule has 0 unspecified atom stereocenters. The van der Waals surface area contributed by atoms with Crippen LogP contribution in [0.5, 0.6) is 0 Å². The second-order valence-corrected chi connectivity index (χ2v) is 4.73. The molecule has 1 aromatic heterocycles. The fraction of sp³-hybridized carbons (Fsp3) is 0.357. The first kappa shape index (κ1) is 11.4. The predicted octanol–water partition coefficient (Wildman–Crippen LogP) is 2.18. The standard InChI is InChI=1S/C14H17N3O/c15-18-9-7-11-2-1-3-13(10-11)17-14(6-8-16-17)12-4-5-12/h1-3,6,8,10,12H,4-5,7,9,15H2. The average Bonchev–Trinajstić information content (AvgIpc) is 3.14. The summed E-state index contributed by atoms with van der Waals surface area (Å²) in [4.78, 5) is 4.63. The van der Waals surface area contributed by atoms with Crippen molar-refractivity contribution in [2.24, 2.45) is 5.90 Å². The normalized spacial score (nSPS) is 14.9. The van der Waals surface area contributed by atoms with Crippen LogP contribution in [0.15, 0.2) is 36.5 Å². The first-order valence-corrected chi connectivity index (χ1v) is 6.33. The molecule has 18 heavy (non-hydrogen) atoms. The molecule has 4 heteroatoms. The van der Waals surface area contributed by atoms with Gasteiger partial charge in [-0.25, -0.2) is 10.6 Å². The summed E-state index contributed by atoms with van der Waals surface area (Å²) in [7, 11) is 0. The van der Waals surface area contributed by atoms with Crippen LogP contribution in [0, 0.1) is 0 Å². The fourth-order valence-electron chi connectivity index (χ4n) is 2.24. The molecule has 1 heterocycles. The van der Waals surface area contributed by atoms with Crippen molar-refractivity contribution < 1.29 is 4.84 Å². The van der Waals surface area contributed by atoms with Gasteiger partial charge in [0.25, 0.3) is 0 Å². The van der Waals surface area contributed by atoms with E-state index in [1.807, 2.05) is 10.9 Å². The van der Waals surface area contributed by atoms with Crippen molar-refractivity contribution in [2.75, 3.05) is 6.61 Å². The van der Waals surface area contributed by atoms with Gasteiger partial charge in [0.1, 0.15) is 0 Å². The lowest BCUT2D eigenvalue weighted by atomic mass is 10.1. The summed E-state index contributed by atoms with van der Waals surface area (Å²) < 4.78 is 2.05. The predicted molar refractivity (Wildman–Crippen MR) is 69.4 cm³/mol. The summed E-state index contributed by atoms with van der Waals surface area (Å²) in [6.07, 6.45) is 5.27. The largest absolute Gasteiger partial charge is 0.304 e. The van der Waals surface area contributed by atoms with E-state index in [2.05, 4.69) is 40.3 Å². The van der Waals surface area contributed by atoms with Crippen LogP contribution in [0.2, 0.25) is 0 Å². The molecule has 0 aliphatic heterocycles. The topological polar surface area (TPSA) is 53.1 Å². The van der Waals surface area contributed by atoms with Crippen LogP contribution in [0.4, 0.5) is 0 Å². The Kier molecular flexibility index (Phi) is 3.13. The minimum atomic E-state index is 0.540. The number of aromatic nitrogens is 2. The number of rotatable bonds is 5. The number of benzene rings is 1. The number of hydrogen-bond donors (Lipinski definition) is 1. The van der Waals surface area contributed by atoms with Crippen molar-refractivity contribution in [3.63, 3.8) is 0 Å². The minimum Gasteiger partial charge on any atom is -0.304 e. The van der Waals surface area contributed by atoms with Crippen LogP contribution in [0.25, 0.3) is 5.69 Å². The molecule has 0 bridgehead atoms. The Morgan fingerprint density at radius 1 is 1.33 bits per heavy atom. The third-order valence-corrected chi connectivity index (χ3v) is 3.33. The van der Waals surface area contributed by atoms with Gasteiger partial charge in [-0.15, -0.1) is 0 Å². The van der Waals surface area contributed by atoms with E-state index in [-0.39, 0.29) is 0 Å². The van der Waals surface area contributed by atoms with E-state index in [9.17, 15) is 0 Å². The van der Waals surface area contributed by atoms with E-state index in [0.717, 1.165) is 12.1 Å². The van der Waals surface area contributed by atoms with Crippen LogP contribution >= 0.6 is 0 Å². The molecule has 0 saturated heterocycles. The average molecular weight is 243 g/mol. The molecule has 1 aliphatic rings. The molecular formula is C14H17N3O. The van der Waals surface area contributed by atoms with E-state index < -0.39 is 0 Å². The summed E-state index contributed by atoms with van der Waals surface area (Å²) in [5.74, 6) is 5.76. The molecule has 1 saturated carbocycles. The highest BCUT2D eigenvalue weighted by atomic mass is 16.6. The maximum atomic E-state index is 5.06. The van der Waals surface area contributed by atoms with Gasteiger partial charge in [0, 0.05) is 17.8 Å². The summed E-state index contributed by atoms with van der Waals surface area (Å²) in [5, 5.41) is 4.43. The molecule has 4 nitrogen and oxygen atoms in total. The molecule has 1 fully saturated rings. The number of hydrogen-bond acceptors (Lipinski definition) is 3. The highest BCUT2D eigenvalue weighted by Gasteiger charge is 2.27. The molecule has 1 aromatic carbocycles. The first-order valence-electron chi connectivity index (χ1n) is 6.33. The van der Waals surface area contributed by atoms with Crippen LogP contribution in [0.1, 0.15) is 30.0 Å². The zero-order valence-electron chi connectivity index (χ0n) is 10.2. The summed E-state index contributed by atoms with van der Waals surface area (Å²) in [5.41, 5.74) is 3.66. The number of nitrogens with two attached hydrogens (primary N) is 1. The van der Waals surface area contributed by atoms with Crippen molar-refractivity contribution >= 4 is 0 Å². The molecule has 0 amide bonds. The van der Waals surface area contributed by atoms with Gasteiger partial charge in [0.2, 0.25) is 0 Å².